The van der Waals surface area contributed by atoms with Crippen molar-refractivity contribution in [3.05, 3.63) is 11.8 Å². The number of ether oxygens (including phenoxy) is 1. The lowest BCUT2D eigenvalue weighted by atomic mass is 10.0. The molecule has 0 aliphatic heterocycles. The third-order valence-electron chi connectivity index (χ3n) is 2.29. The Balaban J connectivity index is 4.08. The fraction of sp³-hybridized carbons (Fsp3) is 0.833. The Morgan fingerprint density at radius 2 is 1.92 bits per heavy atom. The zero-order valence-electron chi connectivity index (χ0n) is 9.76. The molecular formula is C12H24O. The quantitative estimate of drug-likeness (QED) is 0.564. The topological polar surface area (TPSA) is 9.23 Å². The van der Waals surface area contributed by atoms with Crippen LogP contribution in [0.5, 0.6) is 0 Å². The Kier molecular flexibility index (Phi) is 6.75. The zero-order chi connectivity index (χ0) is 10.3. The van der Waals surface area contributed by atoms with Crippen molar-refractivity contribution < 1.29 is 4.74 Å². The second-order valence-electron chi connectivity index (χ2n) is 3.80. The summed E-state index contributed by atoms with van der Waals surface area (Å²) in [4.78, 5) is 0. The van der Waals surface area contributed by atoms with E-state index in [1.54, 1.807) is 0 Å². The average molecular weight is 184 g/mol. The van der Waals surface area contributed by atoms with Gasteiger partial charge in [0.15, 0.2) is 0 Å². The average Bonchev–Trinajstić information content (AvgIpc) is 2.11. The van der Waals surface area contributed by atoms with Gasteiger partial charge in [0.05, 0.1) is 5.76 Å². The second-order valence-corrected chi connectivity index (χ2v) is 3.80. The van der Waals surface area contributed by atoms with Crippen LogP contribution in [0.3, 0.4) is 0 Å². The van der Waals surface area contributed by atoms with Crippen LogP contribution in [0.2, 0.25) is 0 Å². The molecule has 78 valence electrons. The molecule has 1 atom stereocenters. The molecule has 0 spiro atoms. The van der Waals surface area contributed by atoms with Crippen LogP contribution in [0.15, 0.2) is 11.8 Å². The van der Waals surface area contributed by atoms with E-state index in [4.69, 9.17) is 4.74 Å². The van der Waals surface area contributed by atoms with Crippen LogP contribution >= 0.6 is 0 Å². The van der Waals surface area contributed by atoms with Gasteiger partial charge in [0.1, 0.15) is 6.10 Å². The standard InChI is InChI=1S/C12H24O/c1-6-9-12(10(4)5)13-11(7-2)8-3/h7,10,12H,6,8-9H2,1-5H3/b11-7-. The van der Waals surface area contributed by atoms with Gasteiger partial charge in [-0.3, -0.25) is 0 Å². The normalized spacial score (nSPS) is 14.8. The predicted octanol–water partition coefficient (Wildman–Crippen LogP) is 4.14. The first-order chi connectivity index (χ1) is 6.15. The number of hydrogen-bond acceptors (Lipinski definition) is 1. The minimum absolute atomic E-state index is 0.399. The molecule has 0 bridgehead atoms. The molecular weight excluding hydrogens is 160 g/mol. The van der Waals surface area contributed by atoms with Gasteiger partial charge in [-0.2, -0.15) is 0 Å². The molecule has 0 fully saturated rings. The third kappa shape index (κ3) is 4.97. The first kappa shape index (κ1) is 12.5. The minimum atomic E-state index is 0.399. The van der Waals surface area contributed by atoms with Crippen molar-refractivity contribution in [2.45, 2.75) is 60.0 Å². The predicted molar refractivity (Wildman–Crippen MR) is 58.7 cm³/mol. The van der Waals surface area contributed by atoms with E-state index >= 15 is 0 Å². The van der Waals surface area contributed by atoms with Crippen molar-refractivity contribution in [1.82, 2.24) is 0 Å². The molecule has 1 unspecified atom stereocenters. The lowest BCUT2D eigenvalue weighted by Crippen LogP contribution is -2.19. The van der Waals surface area contributed by atoms with Crippen LogP contribution in [0.25, 0.3) is 0 Å². The molecule has 0 heterocycles. The summed E-state index contributed by atoms with van der Waals surface area (Å²) in [6.45, 7) is 10.8. The maximum atomic E-state index is 5.91. The van der Waals surface area contributed by atoms with E-state index in [0.29, 0.717) is 12.0 Å². The van der Waals surface area contributed by atoms with Gasteiger partial charge in [0.2, 0.25) is 0 Å². The summed E-state index contributed by atoms with van der Waals surface area (Å²) in [5.41, 5.74) is 0. The summed E-state index contributed by atoms with van der Waals surface area (Å²) in [6, 6.07) is 0. The molecule has 0 aliphatic rings. The van der Waals surface area contributed by atoms with Crippen LogP contribution in [-0.2, 0) is 4.74 Å². The van der Waals surface area contributed by atoms with Gasteiger partial charge in [-0.25, -0.2) is 0 Å². The highest BCUT2D eigenvalue weighted by atomic mass is 16.5. The number of hydrogen-bond donors (Lipinski definition) is 0. The molecule has 13 heavy (non-hydrogen) atoms. The summed E-state index contributed by atoms with van der Waals surface area (Å²) in [6.07, 6.45) is 5.84. The Labute approximate surface area is 83.2 Å². The van der Waals surface area contributed by atoms with Gasteiger partial charge < -0.3 is 4.74 Å². The highest BCUT2D eigenvalue weighted by molar-refractivity contribution is 4.90. The monoisotopic (exact) mass is 184 g/mol. The van der Waals surface area contributed by atoms with Gasteiger partial charge in [0.25, 0.3) is 0 Å². The van der Waals surface area contributed by atoms with Gasteiger partial charge >= 0.3 is 0 Å². The lowest BCUT2D eigenvalue weighted by Gasteiger charge is -2.23. The van der Waals surface area contributed by atoms with Crippen LogP contribution in [0.1, 0.15) is 53.9 Å². The van der Waals surface area contributed by atoms with Crippen LogP contribution in [0, 0.1) is 5.92 Å². The molecule has 0 saturated heterocycles. The van der Waals surface area contributed by atoms with Crippen molar-refractivity contribution in [1.29, 1.82) is 0 Å². The van der Waals surface area contributed by atoms with E-state index in [1.165, 1.54) is 6.42 Å². The van der Waals surface area contributed by atoms with Crippen molar-refractivity contribution in [2.75, 3.05) is 0 Å². The SMILES string of the molecule is C/C=C(/CC)OC(CCC)C(C)C. The Hall–Kier alpha value is -0.460. The molecule has 0 saturated carbocycles. The molecule has 1 nitrogen and oxygen atoms in total. The Bertz CT molecular complexity index is 147. The molecule has 0 N–H and O–H groups in total. The maximum absolute atomic E-state index is 5.91. The van der Waals surface area contributed by atoms with Crippen LogP contribution in [-0.4, -0.2) is 6.10 Å². The zero-order valence-corrected chi connectivity index (χ0v) is 9.76. The summed E-state index contributed by atoms with van der Waals surface area (Å²) in [7, 11) is 0. The van der Waals surface area contributed by atoms with E-state index in [0.717, 1.165) is 18.6 Å². The largest absolute Gasteiger partial charge is 0.495 e. The summed E-state index contributed by atoms with van der Waals surface area (Å²) < 4.78 is 5.91. The number of allylic oxidation sites excluding steroid dienone is 2. The smallest absolute Gasteiger partial charge is 0.100 e. The van der Waals surface area contributed by atoms with Gasteiger partial charge in [-0.15, -0.1) is 0 Å². The van der Waals surface area contributed by atoms with E-state index in [9.17, 15) is 0 Å². The molecule has 0 aromatic rings. The third-order valence-corrected chi connectivity index (χ3v) is 2.29. The summed E-state index contributed by atoms with van der Waals surface area (Å²) >= 11 is 0. The molecule has 0 amide bonds. The second kappa shape index (κ2) is 6.99. The van der Waals surface area contributed by atoms with Crippen molar-refractivity contribution in [3.63, 3.8) is 0 Å². The molecule has 0 rings (SSSR count). The van der Waals surface area contributed by atoms with E-state index in [1.807, 2.05) is 6.92 Å². The Morgan fingerprint density at radius 3 is 2.23 bits per heavy atom. The maximum Gasteiger partial charge on any atom is 0.100 e. The summed E-state index contributed by atoms with van der Waals surface area (Å²) in [5.74, 6) is 1.74. The highest BCUT2D eigenvalue weighted by Crippen LogP contribution is 2.17. The first-order valence-corrected chi connectivity index (χ1v) is 5.47. The molecule has 1 heteroatoms. The van der Waals surface area contributed by atoms with Crippen molar-refractivity contribution in [2.24, 2.45) is 5.92 Å². The van der Waals surface area contributed by atoms with Gasteiger partial charge in [-0.05, 0) is 25.3 Å². The molecule has 0 aromatic heterocycles. The molecule has 0 radical (unpaired) electrons. The molecule has 0 aliphatic carbocycles. The first-order valence-electron chi connectivity index (χ1n) is 5.47. The minimum Gasteiger partial charge on any atom is -0.495 e. The van der Waals surface area contributed by atoms with E-state index < -0.39 is 0 Å². The van der Waals surface area contributed by atoms with Crippen molar-refractivity contribution in [3.8, 4) is 0 Å². The fourth-order valence-corrected chi connectivity index (χ4v) is 1.36. The van der Waals surface area contributed by atoms with Gasteiger partial charge in [0, 0.05) is 6.42 Å². The highest BCUT2D eigenvalue weighted by Gasteiger charge is 2.13. The lowest BCUT2D eigenvalue weighted by molar-refractivity contribution is 0.0647. The van der Waals surface area contributed by atoms with Gasteiger partial charge in [-0.1, -0.05) is 34.1 Å². The van der Waals surface area contributed by atoms with Crippen LogP contribution in [0.4, 0.5) is 0 Å². The number of rotatable bonds is 6. The fourth-order valence-electron chi connectivity index (χ4n) is 1.36. The van der Waals surface area contributed by atoms with Crippen molar-refractivity contribution >= 4 is 0 Å². The Morgan fingerprint density at radius 1 is 1.31 bits per heavy atom. The molecule has 0 aromatic carbocycles. The van der Waals surface area contributed by atoms with E-state index in [-0.39, 0.29) is 0 Å². The van der Waals surface area contributed by atoms with E-state index in [2.05, 4.69) is 33.8 Å². The summed E-state index contributed by atoms with van der Waals surface area (Å²) in [5, 5.41) is 0. The van der Waals surface area contributed by atoms with Crippen LogP contribution < -0.4 is 0 Å².